The summed E-state index contributed by atoms with van der Waals surface area (Å²) in [5, 5.41) is 14.6. The van der Waals surface area contributed by atoms with Crippen molar-refractivity contribution in [2.45, 2.75) is 38.5 Å². The maximum atomic E-state index is 12.9. The van der Waals surface area contributed by atoms with Gasteiger partial charge in [-0.3, -0.25) is 9.58 Å². The van der Waals surface area contributed by atoms with Gasteiger partial charge >= 0.3 is 0 Å². The third-order valence-corrected chi connectivity index (χ3v) is 4.36. The van der Waals surface area contributed by atoms with Crippen molar-refractivity contribution in [3.05, 3.63) is 48.0 Å². The smallest absolute Gasteiger partial charge is 0.123 e. The molecule has 0 unspecified atom stereocenters. The fourth-order valence-electron chi connectivity index (χ4n) is 3.17. The summed E-state index contributed by atoms with van der Waals surface area (Å²) in [4.78, 5) is 2.30. The van der Waals surface area contributed by atoms with Crippen LogP contribution in [0.5, 0.6) is 5.75 Å². The summed E-state index contributed by atoms with van der Waals surface area (Å²) in [6.07, 6.45) is 5.59. The molecule has 3 rings (SSSR count). The second kappa shape index (κ2) is 7.77. The number of likely N-dealkylation sites (tertiary alicyclic amines) is 1. The third-order valence-electron chi connectivity index (χ3n) is 4.36. The van der Waals surface area contributed by atoms with Crippen molar-refractivity contribution in [1.82, 2.24) is 14.7 Å². The Morgan fingerprint density at radius 2 is 2.17 bits per heavy atom. The minimum atomic E-state index is -0.574. The van der Waals surface area contributed by atoms with Crippen LogP contribution in [-0.2, 0) is 6.54 Å². The maximum absolute atomic E-state index is 12.9. The van der Waals surface area contributed by atoms with E-state index in [2.05, 4.69) is 10.00 Å². The average molecular weight is 333 g/mol. The highest BCUT2D eigenvalue weighted by Crippen LogP contribution is 2.19. The number of nitrogens with zero attached hydrogens (tertiary/aromatic N) is 3. The van der Waals surface area contributed by atoms with Crippen molar-refractivity contribution < 1.29 is 14.2 Å². The van der Waals surface area contributed by atoms with Crippen LogP contribution in [0.1, 0.15) is 18.4 Å². The number of benzene rings is 1. The van der Waals surface area contributed by atoms with E-state index in [1.165, 1.54) is 12.1 Å². The van der Waals surface area contributed by atoms with Crippen LogP contribution < -0.4 is 4.74 Å². The number of ether oxygens (including phenoxy) is 1. The van der Waals surface area contributed by atoms with Gasteiger partial charge in [0.15, 0.2) is 0 Å². The topological polar surface area (TPSA) is 50.5 Å². The van der Waals surface area contributed by atoms with Crippen molar-refractivity contribution in [3.8, 4) is 5.75 Å². The second-order valence-electron chi connectivity index (χ2n) is 6.45. The fraction of sp³-hybridized carbons (Fsp3) is 0.500. The van der Waals surface area contributed by atoms with E-state index in [-0.39, 0.29) is 12.4 Å². The Hall–Kier alpha value is -1.92. The summed E-state index contributed by atoms with van der Waals surface area (Å²) in [5.74, 6) is 0.275. The molecule has 0 aliphatic carbocycles. The van der Waals surface area contributed by atoms with E-state index >= 15 is 0 Å². The molecule has 1 N–H and O–H groups in total. The van der Waals surface area contributed by atoms with Crippen molar-refractivity contribution in [1.29, 1.82) is 0 Å². The standard InChI is InChI=1S/C18H24FN3O2/c1-14-9-20-22(10-14)11-16-3-2-8-21(16)12-17(23)13-24-18-6-4-15(19)5-7-18/h4-7,9-10,16-17,23H,2-3,8,11-13H2,1H3/t16-,17+/m1/s1. The Morgan fingerprint density at radius 1 is 1.38 bits per heavy atom. The van der Waals surface area contributed by atoms with Crippen LogP contribution in [0.25, 0.3) is 0 Å². The minimum Gasteiger partial charge on any atom is -0.491 e. The third kappa shape index (κ3) is 4.55. The zero-order valence-electron chi connectivity index (χ0n) is 13.9. The van der Waals surface area contributed by atoms with Gasteiger partial charge in [-0.15, -0.1) is 0 Å². The van der Waals surface area contributed by atoms with E-state index in [0.29, 0.717) is 18.3 Å². The fourth-order valence-corrected chi connectivity index (χ4v) is 3.17. The Morgan fingerprint density at radius 3 is 2.88 bits per heavy atom. The molecule has 2 atom stereocenters. The molecule has 1 saturated heterocycles. The summed E-state index contributed by atoms with van der Waals surface area (Å²) in [6, 6.07) is 6.24. The molecule has 2 aromatic rings. The number of β-amino-alcohol motifs (C(OH)–C–C–N with tert-alkyl or cyclic N) is 1. The molecule has 0 saturated carbocycles. The average Bonchev–Trinajstić information content (AvgIpc) is 3.16. The number of aliphatic hydroxyl groups excluding tert-OH is 1. The molecule has 0 amide bonds. The summed E-state index contributed by atoms with van der Waals surface area (Å²) in [6.45, 7) is 4.65. The van der Waals surface area contributed by atoms with Crippen LogP contribution in [-0.4, -0.2) is 51.6 Å². The molecule has 0 radical (unpaired) electrons. The molecule has 1 fully saturated rings. The quantitative estimate of drug-likeness (QED) is 0.844. The lowest BCUT2D eigenvalue weighted by atomic mass is 10.2. The van der Waals surface area contributed by atoms with Gasteiger partial charge in [0.1, 0.15) is 24.3 Å². The molecular formula is C18H24FN3O2. The molecule has 0 spiro atoms. The number of halogens is 1. The minimum absolute atomic E-state index is 0.204. The molecule has 1 aromatic carbocycles. The predicted octanol–water partition coefficient (Wildman–Crippen LogP) is 2.23. The Kier molecular flexibility index (Phi) is 5.48. The molecule has 5 nitrogen and oxygen atoms in total. The Labute approximate surface area is 141 Å². The van der Waals surface area contributed by atoms with Gasteiger partial charge in [-0.1, -0.05) is 0 Å². The lowest BCUT2D eigenvalue weighted by Crippen LogP contribution is -2.40. The number of aromatic nitrogens is 2. The SMILES string of the molecule is Cc1cnn(C[C@H]2CCCN2C[C@H](O)COc2ccc(F)cc2)c1. The first-order valence-electron chi connectivity index (χ1n) is 8.39. The maximum Gasteiger partial charge on any atom is 0.123 e. The van der Waals surface area contributed by atoms with Crippen molar-refractivity contribution in [3.63, 3.8) is 0 Å². The number of aryl methyl sites for hydroxylation is 1. The molecule has 0 bridgehead atoms. The zero-order valence-corrected chi connectivity index (χ0v) is 13.9. The number of rotatable bonds is 7. The first kappa shape index (κ1) is 16.9. The summed E-state index contributed by atoms with van der Waals surface area (Å²) >= 11 is 0. The van der Waals surface area contributed by atoms with Gasteiger partial charge in [0.2, 0.25) is 0 Å². The van der Waals surface area contributed by atoms with Crippen LogP contribution in [0, 0.1) is 12.7 Å². The Bertz CT molecular complexity index is 644. The van der Waals surface area contributed by atoms with Crippen LogP contribution >= 0.6 is 0 Å². The van der Waals surface area contributed by atoms with Crippen LogP contribution in [0.4, 0.5) is 4.39 Å². The van der Waals surface area contributed by atoms with Crippen LogP contribution in [0.3, 0.4) is 0 Å². The second-order valence-corrected chi connectivity index (χ2v) is 6.45. The number of aliphatic hydroxyl groups is 1. The van der Waals surface area contributed by atoms with Gasteiger partial charge in [0.25, 0.3) is 0 Å². The van der Waals surface area contributed by atoms with Gasteiger partial charge < -0.3 is 9.84 Å². The lowest BCUT2D eigenvalue weighted by Gasteiger charge is -2.26. The first-order chi connectivity index (χ1) is 11.6. The monoisotopic (exact) mass is 333 g/mol. The Balaban J connectivity index is 1.47. The van der Waals surface area contributed by atoms with Crippen LogP contribution in [0.2, 0.25) is 0 Å². The molecule has 130 valence electrons. The van der Waals surface area contributed by atoms with Crippen molar-refractivity contribution >= 4 is 0 Å². The first-order valence-corrected chi connectivity index (χ1v) is 8.39. The van der Waals surface area contributed by atoms with E-state index in [9.17, 15) is 9.50 Å². The van der Waals surface area contributed by atoms with Crippen molar-refractivity contribution in [2.75, 3.05) is 19.7 Å². The van der Waals surface area contributed by atoms with Gasteiger partial charge in [0, 0.05) is 18.8 Å². The molecule has 1 aliphatic heterocycles. The lowest BCUT2D eigenvalue weighted by molar-refractivity contribution is 0.0609. The number of hydrogen-bond acceptors (Lipinski definition) is 4. The highest BCUT2D eigenvalue weighted by Gasteiger charge is 2.26. The van der Waals surface area contributed by atoms with Gasteiger partial charge in [0.05, 0.1) is 12.7 Å². The van der Waals surface area contributed by atoms with E-state index in [1.54, 1.807) is 12.1 Å². The predicted molar refractivity (Wildman–Crippen MR) is 89.5 cm³/mol. The molecule has 2 heterocycles. The molecule has 1 aliphatic rings. The number of hydrogen-bond donors (Lipinski definition) is 1. The van der Waals surface area contributed by atoms with E-state index < -0.39 is 6.10 Å². The van der Waals surface area contributed by atoms with Gasteiger partial charge in [-0.2, -0.15) is 5.10 Å². The van der Waals surface area contributed by atoms with Gasteiger partial charge in [-0.05, 0) is 56.1 Å². The van der Waals surface area contributed by atoms with Gasteiger partial charge in [-0.25, -0.2) is 4.39 Å². The highest BCUT2D eigenvalue weighted by molar-refractivity contribution is 5.22. The van der Waals surface area contributed by atoms with E-state index in [0.717, 1.165) is 31.5 Å². The van der Waals surface area contributed by atoms with Crippen molar-refractivity contribution in [2.24, 2.45) is 0 Å². The largest absolute Gasteiger partial charge is 0.491 e. The highest BCUT2D eigenvalue weighted by atomic mass is 19.1. The summed E-state index contributed by atoms with van der Waals surface area (Å²) in [7, 11) is 0. The van der Waals surface area contributed by atoms with E-state index in [1.807, 2.05) is 24.0 Å². The summed E-state index contributed by atoms with van der Waals surface area (Å²) < 4.78 is 20.4. The molecule has 24 heavy (non-hydrogen) atoms. The normalized spacial score (nSPS) is 19.5. The molecule has 1 aromatic heterocycles. The summed E-state index contributed by atoms with van der Waals surface area (Å²) in [5.41, 5.74) is 1.16. The van der Waals surface area contributed by atoms with Crippen LogP contribution in [0.15, 0.2) is 36.7 Å². The molecular weight excluding hydrogens is 309 g/mol. The molecule has 6 heteroatoms. The zero-order chi connectivity index (χ0) is 16.9. The van der Waals surface area contributed by atoms with E-state index in [4.69, 9.17) is 4.74 Å².